The molecule has 0 bridgehead atoms. The molecular weight excluding hydrogens is 374 g/mol. The molecule has 1 aliphatic heterocycles. The van der Waals surface area contributed by atoms with Gasteiger partial charge >= 0.3 is 6.09 Å². The van der Waals surface area contributed by atoms with E-state index < -0.39 is 6.09 Å². The monoisotopic (exact) mass is 387 g/mol. The predicted octanol–water partition coefficient (Wildman–Crippen LogP) is 3.07. The van der Waals surface area contributed by atoms with Gasteiger partial charge in [-0.2, -0.15) is 0 Å². The van der Waals surface area contributed by atoms with Crippen molar-refractivity contribution in [1.82, 2.24) is 9.88 Å². The molecule has 118 valence electrons. The lowest BCUT2D eigenvalue weighted by atomic mass is 10.0. The Morgan fingerprint density at radius 2 is 2.00 bits per heavy atom. The van der Waals surface area contributed by atoms with Crippen LogP contribution in [0.5, 0.6) is 0 Å². The normalized spacial score (nSPS) is 26.8. The molecule has 3 rings (SSSR count). The number of rotatable bonds is 2. The highest BCUT2D eigenvalue weighted by Crippen LogP contribution is 2.42. The molecular formula is C14H15BrClN3O3. The average Bonchev–Trinajstić information content (AvgIpc) is 3.01. The molecule has 2 fully saturated rings. The van der Waals surface area contributed by atoms with Gasteiger partial charge in [0.05, 0.1) is 5.02 Å². The number of nitrogens with one attached hydrogen (secondary N) is 1. The maximum atomic E-state index is 12.3. The van der Waals surface area contributed by atoms with Gasteiger partial charge in [-0.25, -0.2) is 9.78 Å². The summed E-state index contributed by atoms with van der Waals surface area (Å²) in [5.74, 6) is 0.902. The van der Waals surface area contributed by atoms with Gasteiger partial charge in [-0.05, 0) is 46.7 Å². The molecule has 6 nitrogen and oxygen atoms in total. The smallest absolute Gasteiger partial charge is 0.407 e. The topological polar surface area (TPSA) is 82.5 Å². The summed E-state index contributed by atoms with van der Waals surface area (Å²) < 4.78 is 0.680. The molecule has 1 unspecified atom stereocenters. The van der Waals surface area contributed by atoms with Crippen LogP contribution in [0, 0.1) is 17.8 Å². The summed E-state index contributed by atoms with van der Waals surface area (Å²) >= 11 is 9.17. The number of likely N-dealkylation sites (tertiary alicyclic amines) is 1. The Kier molecular flexibility index (Phi) is 4.27. The van der Waals surface area contributed by atoms with Crippen molar-refractivity contribution in [2.45, 2.75) is 12.8 Å². The zero-order valence-corrected chi connectivity index (χ0v) is 14.0. The molecule has 1 aromatic rings. The van der Waals surface area contributed by atoms with Gasteiger partial charge in [-0.15, -0.1) is 0 Å². The van der Waals surface area contributed by atoms with Gasteiger partial charge in [0.2, 0.25) is 5.91 Å². The number of anilines is 1. The van der Waals surface area contributed by atoms with Crippen molar-refractivity contribution in [3.05, 3.63) is 21.8 Å². The molecule has 0 radical (unpaired) electrons. The van der Waals surface area contributed by atoms with Gasteiger partial charge in [-0.1, -0.05) is 11.6 Å². The van der Waals surface area contributed by atoms with E-state index in [0.717, 1.165) is 12.8 Å². The van der Waals surface area contributed by atoms with Crippen LogP contribution in [0.1, 0.15) is 12.8 Å². The van der Waals surface area contributed by atoms with Crippen LogP contribution in [-0.4, -0.2) is 40.1 Å². The minimum atomic E-state index is -0.870. The summed E-state index contributed by atoms with van der Waals surface area (Å²) in [7, 11) is 0. The Balaban J connectivity index is 1.59. The number of nitrogens with zero attached hydrogens (tertiary/aromatic N) is 2. The van der Waals surface area contributed by atoms with Gasteiger partial charge in [0.15, 0.2) is 0 Å². The van der Waals surface area contributed by atoms with Crippen LogP contribution >= 0.6 is 27.5 Å². The summed E-state index contributed by atoms with van der Waals surface area (Å²) in [5.41, 5.74) is 0. The molecule has 1 aliphatic carbocycles. The molecule has 0 aromatic carbocycles. The maximum Gasteiger partial charge on any atom is 0.407 e. The maximum absolute atomic E-state index is 12.3. The number of carboxylic acid groups (broad SMARTS) is 1. The number of halogens is 2. The lowest BCUT2D eigenvalue weighted by Gasteiger charge is -2.16. The van der Waals surface area contributed by atoms with E-state index in [9.17, 15) is 9.59 Å². The summed E-state index contributed by atoms with van der Waals surface area (Å²) in [5, 5.41) is 12.3. The number of carbonyl (C=O) groups is 2. The first-order valence-electron chi connectivity index (χ1n) is 7.04. The zero-order chi connectivity index (χ0) is 15.9. The number of pyridine rings is 1. The molecule has 1 aromatic heterocycles. The van der Waals surface area contributed by atoms with Crippen molar-refractivity contribution in [2.24, 2.45) is 17.8 Å². The van der Waals surface area contributed by atoms with E-state index in [1.54, 1.807) is 6.07 Å². The molecule has 1 saturated carbocycles. The average molecular weight is 389 g/mol. The van der Waals surface area contributed by atoms with Crippen LogP contribution < -0.4 is 5.32 Å². The summed E-state index contributed by atoms with van der Waals surface area (Å²) in [6.07, 6.45) is 2.07. The van der Waals surface area contributed by atoms with Crippen LogP contribution in [0.3, 0.4) is 0 Å². The van der Waals surface area contributed by atoms with Gasteiger partial charge in [0, 0.05) is 29.7 Å². The highest BCUT2D eigenvalue weighted by atomic mass is 79.9. The van der Waals surface area contributed by atoms with Crippen LogP contribution in [0.25, 0.3) is 0 Å². The van der Waals surface area contributed by atoms with Crippen molar-refractivity contribution in [2.75, 3.05) is 18.4 Å². The van der Waals surface area contributed by atoms with Crippen LogP contribution in [0.15, 0.2) is 16.7 Å². The quantitative estimate of drug-likeness (QED) is 0.815. The van der Waals surface area contributed by atoms with Gasteiger partial charge in [-0.3, -0.25) is 4.79 Å². The van der Waals surface area contributed by atoms with E-state index in [1.807, 2.05) is 0 Å². The SMILES string of the molecule is O=C(Nc1cc(Br)c(Cl)cn1)C1C[C@@H]2CN(C(=O)O)C[C@@H]2C1. The highest BCUT2D eigenvalue weighted by Gasteiger charge is 2.44. The van der Waals surface area contributed by atoms with E-state index in [1.165, 1.54) is 11.1 Å². The largest absolute Gasteiger partial charge is 0.465 e. The van der Waals surface area contributed by atoms with Crippen LogP contribution in [0.4, 0.5) is 10.6 Å². The first kappa shape index (κ1) is 15.6. The van der Waals surface area contributed by atoms with Crippen molar-refractivity contribution in [1.29, 1.82) is 0 Å². The van der Waals surface area contributed by atoms with Gasteiger partial charge in [0.25, 0.3) is 0 Å². The van der Waals surface area contributed by atoms with Crippen LogP contribution in [0.2, 0.25) is 5.02 Å². The Labute approximate surface area is 141 Å². The number of carbonyl (C=O) groups excluding carboxylic acids is 1. The second-order valence-electron chi connectivity index (χ2n) is 5.85. The highest BCUT2D eigenvalue weighted by molar-refractivity contribution is 9.10. The Hall–Kier alpha value is -1.34. The fourth-order valence-corrected chi connectivity index (χ4v) is 3.80. The van der Waals surface area contributed by atoms with Gasteiger partial charge < -0.3 is 15.3 Å². The minimum absolute atomic E-state index is 0.0574. The number of aromatic nitrogens is 1. The van der Waals surface area contributed by atoms with Crippen molar-refractivity contribution < 1.29 is 14.7 Å². The lowest BCUT2D eigenvalue weighted by Crippen LogP contribution is -2.29. The molecule has 0 spiro atoms. The third-order valence-corrected chi connectivity index (χ3v) is 5.64. The first-order chi connectivity index (χ1) is 10.4. The number of amides is 2. The summed E-state index contributed by atoms with van der Waals surface area (Å²) in [4.78, 5) is 28.8. The summed E-state index contributed by atoms with van der Waals surface area (Å²) in [6.45, 7) is 1.07. The van der Waals surface area contributed by atoms with E-state index >= 15 is 0 Å². The van der Waals surface area contributed by atoms with E-state index in [0.29, 0.717) is 28.4 Å². The molecule has 22 heavy (non-hydrogen) atoms. The second kappa shape index (κ2) is 6.04. The molecule has 2 N–H and O–H groups in total. The standard InChI is InChI=1S/C14H15BrClN3O3/c15-10-3-12(17-4-11(10)16)18-13(20)7-1-8-5-19(14(21)22)6-9(8)2-7/h3-4,7-9H,1-2,5-6H2,(H,21,22)(H,17,18,20)/t7?,8-,9+. The second-order valence-corrected chi connectivity index (χ2v) is 7.11. The molecule has 3 atom stereocenters. The Bertz CT molecular complexity index is 613. The molecule has 2 amide bonds. The first-order valence-corrected chi connectivity index (χ1v) is 8.21. The van der Waals surface area contributed by atoms with Gasteiger partial charge in [0.1, 0.15) is 5.82 Å². The van der Waals surface area contributed by atoms with Crippen molar-refractivity contribution in [3.63, 3.8) is 0 Å². The summed E-state index contributed by atoms with van der Waals surface area (Å²) in [6, 6.07) is 1.67. The van der Waals surface area contributed by atoms with E-state index in [2.05, 4.69) is 26.2 Å². The number of fused-ring (bicyclic) bond motifs is 1. The van der Waals surface area contributed by atoms with E-state index in [4.69, 9.17) is 16.7 Å². The Morgan fingerprint density at radius 3 is 2.55 bits per heavy atom. The molecule has 1 saturated heterocycles. The fraction of sp³-hybridized carbons (Fsp3) is 0.500. The Morgan fingerprint density at radius 1 is 1.36 bits per heavy atom. The predicted molar refractivity (Wildman–Crippen MR) is 84.9 cm³/mol. The third-order valence-electron chi connectivity index (χ3n) is 4.45. The minimum Gasteiger partial charge on any atom is -0.465 e. The third kappa shape index (κ3) is 3.05. The van der Waals surface area contributed by atoms with Crippen molar-refractivity contribution in [3.8, 4) is 0 Å². The number of hydrogen-bond acceptors (Lipinski definition) is 3. The molecule has 8 heteroatoms. The molecule has 2 heterocycles. The zero-order valence-electron chi connectivity index (χ0n) is 11.6. The van der Waals surface area contributed by atoms with Crippen LogP contribution in [-0.2, 0) is 4.79 Å². The fourth-order valence-electron chi connectivity index (χ4n) is 3.38. The lowest BCUT2D eigenvalue weighted by molar-refractivity contribution is -0.119. The molecule has 2 aliphatic rings. The number of hydrogen-bond donors (Lipinski definition) is 2. The van der Waals surface area contributed by atoms with E-state index in [-0.39, 0.29) is 23.7 Å². The van der Waals surface area contributed by atoms with Crippen molar-refractivity contribution >= 4 is 45.3 Å².